The van der Waals surface area contributed by atoms with Crippen molar-refractivity contribution in [3.05, 3.63) is 47.5 Å². The van der Waals surface area contributed by atoms with E-state index in [1.165, 1.54) is 5.71 Å². The monoisotopic (exact) mass is 240 g/mol. The molecule has 1 N–H and O–H groups in total. The molecule has 3 rings (SSSR count). The maximum absolute atomic E-state index is 12.0. The van der Waals surface area contributed by atoms with Gasteiger partial charge in [0.25, 0.3) is 0 Å². The molecule has 2 aliphatic rings. The van der Waals surface area contributed by atoms with Gasteiger partial charge in [-0.05, 0) is 25.5 Å². The van der Waals surface area contributed by atoms with Gasteiger partial charge in [0.1, 0.15) is 5.41 Å². The van der Waals surface area contributed by atoms with Gasteiger partial charge in [0.05, 0.1) is 0 Å². The largest absolute Gasteiger partial charge is 0.289 e. The highest BCUT2D eigenvalue weighted by Gasteiger charge is 2.52. The first-order valence-corrected chi connectivity index (χ1v) is 6.40. The number of carbonyl (C=O) groups is 1. The fourth-order valence-corrected chi connectivity index (χ4v) is 3.46. The molecule has 1 aromatic carbocycles. The van der Waals surface area contributed by atoms with Crippen LogP contribution >= 0.6 is 0 Å². The minimum atomic E-state index is -0.117. The molecule has 0 saturated carbocycles. The Hall–Kier alpha value is -1.70. The molecule has 0 aromatic heterocycles. The maximum Gasteiger partial charge on any atom is 0.185 e. The number of benzene rings is 1. The molecule has 0 saturated heterocycles. The van der Waals surface area contributed by atoms with Gasteiger partial charge in [-0.25, -0.2) is 4.99 Å². The van der Waals surface area contributed by atoms with E-state index in [4.69, 9.17) is 0 Å². The van der Waals surface area contributed by atoms with Crippen molar-refractivity contribution in [3.63, 3.8) is 0 Å². The molecule has 1 aliphatic carbocycles. The van der Waals surface area contributed by atoms with E-state index in [0.717, 1.165) is 17.5 Å². The summed E-state index contributed by atoms with van der Waals surface area (Å²) in [6.45, 7) is 6.54. The molecule has 0 amide bonds. The zero-order valence-corrected chi connectivity index (χ0v) is 11.1. The van der Waals surface area contributed by atoms with Crippen molar-refractivity contribution in [2.75, 3.05) is 0 Å². The van der Waals surface area contributed by atoms with E-state index >= 15 is 0 Å². The Bertz CT molecular complexity index is 595. The first-order valence-electron chi connectivity index (χ1n) is 6.40. The van der Waals surface area contributed by atoms with E-state index in [9.17, 15) is 4.79 Å². The predicted octanol–water partition coefficient (Wildman–Crippen LogP) is 1.40. The third-order valence-electron chi connectivity index (χ3n) is 4.11. The lowest BCUT2D eigenvalue weighted by Crippen LogP contribution is -2.81. The molecule has 1 atom stereocenters. The van der Waals surface area contributed by atoms with Crippen molar-refractivity contribution >= 4 is 11.5 Å². The Morgan fingerprint density at radius 3 is 2.61 bits per heavy atom. The van der Waals surface area contributed by atoms with Crippen LogP contribution in [0.3, 0.4) is 0 Å². The summed E-state index contributed by atoms with van der Waals surface area (Å²) < 4.78 is 0. The summed E-state index contributed by atoms with van der Waals surface area (Å²) in [5.41, 5.74) is 3.19. The molecule has 0 bridgehead atoms. The molecule has 0 radical (unpaired) electrons. The second-order valence-corrected chi connectivity index (χ2v) is 6.03. The number of carbonyl (C=O) groups excluding carboxylic acids is 1. The molecular weight excluding hydrogens is 222 g/mol. The van der Waals surface area contributed by atoms with Crippen LogP contribution in [0.5, 0.6) is 0 Å². The predicted molar refractivity (Wildman–Crippen MR) is 71.9 cm³/mol. The van der Waals surface area contributed by atoms with Crippen molar-refractivity contribution in [2.24, 2.45) is 0 Å². The molecule has 1 aromatic rings. The SMILES string of the molecule is CC1=[NH+]C(C)(C)C[C@]12C=CC(=O)c1ccccc12. The van der Waals surface area contributed by atoms with Gasteiger partial charge in [-0.3, -0.25) is 4.79 Å². The molecule has 0 unspecified atom stereocenters. The molecule has 1 spiro atoms. The number of hydrogen-bond donors (Lipinski definition) is 1. The molecule has 2 heteroatoms. The molecule has 1 aliphatic heterocycles. The van der Waals surface area contributed by atoms with E-state index in [2.05, 4.69) is 37.9 Å². The maximum atomic E-state index is 12.0. The van der Waals surface area contributed by atoms with E-state index in [1.54, 1.807) is 6.08 Å². The van der Waals surface area contributed by atoms with Crippen LogP contribution < -0.4 is 4.99 Å². The summed E-state index contributed by atoms with van der Waals surface area (Å²) in [4.78, 5) is 15.5. The van der Waals surface area contributed by atoms with Crippen LogP contribution in [0, 0.1) is 0 Å². The summed E-state index contributed by atoms with van der Waals surface area (Å²) in [5, 5.41) is 0. The lowest BCUT2D eigenvalue weighted by Gasteiger charge is -2.29. The van der Waals surface area contributed by atoms with E-state index in [1.807, 2.05) is 18.2 Å². The van der Waals surface area contributed by atoms with Gasteiger partial charge in [0.2, 0.25) is 0 Å². The highest BCUT2D eigenvalue weighted by atomic mass is 16.1. The van der Waals surface area contributed by atoms with Crippen LogP contribution in [0.15, 0.2) is 36.4 Å². The minimum Gasteiger partial charge on any atom is -0.289 e. The second-order valence-electron chi connectivity index (χ2n) is 6.03. The topological polar surface area (TPSA) is 31.0 Å². The number of ketones is 1. The smallest absolute Gasteiger partial charge is 0.185 e. The Labute approximate surface area is 107 Å². The van der Waals surface area contributed by atoms with Crippen LogP contribution in [0.25, 0.3) is 0 Å². The number of nitrogens with one attached hydrogen (secondary N) is 1. The van der Waals surface area contributed by atoms with Crippen molar-refractivity contribution in [1.29, 1.82) is 0 Å². The molecule has 2 nitrogen and oxygen atoms in total. The van der Waals surface area contributed by atoms with E-state index in [0.29, 0.717) is 0 Å². The highest BCUT2D eigenvalue weighted by molar-refractivity contribution is 6.10. The summed E-state index contributed by atoms with van der Waals surface area (Å²) in [5.74, 6) is 0.119. The Kier molecular flexibility index (Phi) is 2.16. The summed E-state index contributed by atoms with van der Waals surface area (Å²) >= 11 is 0. The molecule has 1 heterocycles. The fraction of sp³-hybridized carbons (Fsp3) is 0.375. The van der Waals surface area contributed by atoms with Gasteiger partial charge in [-0.1, -0.05) is 30.3 Å². The van der Waals surface area contributed by atoms with E-state index < -0.39 is 0 Å². The zero-order chi connectivity index (χ0) is 13.0. The molecule has 92 valence electrons. The van der Waals surface area contributed by atoms with Crippen molar-refractivity contribution in [1.82, 2.24) is 0 Å². The Morgan fingerprint density at radius 2 is 1.94 bits per heavy atom. The average molecular weight is 240 g/mol. The third kappa shape index (κ3) is 1.41. The van der Waals surface area contributed by atoms with Gasteiger partial charge < -0.3 is 0 Å². The Morgan fingerprint density at radius 1 is 1.22 bits per heavy atom. The molecule has 18 heavy (non-hydrogen) atoms. The zero-order valence-electron chi connectivity index (χ0n) is 11.1. The lowest BCUT2D eigenvalue weighted by molar-refractivity contribution is -0.534. The van der Waals surface area contributed by atoms with Gasteiger partial charge >= 0.3 is 0 Å². The van der Waals surface area contributed by atoms with Gasteiger partial charge in [0.15, 0.2) is 17.0 Å². The number of rotatable bonds is 0. The van der Waals surface area contributed by atoms with Crippen LogP contribution in [0.2, 0.25) is 0 Å². The first kappa shape index (κ1) is 11.4. The first-order chi connectivity index (χ1) is 8.45. The van der Waals surface area contributed by atoms with Gasteiger partial charge in [-0.15, -0.1) is 0 Å². The number of allylic oxidation sites excluding steroid dienone is 2. The summed E-state index contributed by atoms with van der Waals surface area (Å²) in [6, 6.07) is 7.98. The normalized spacial score (nSPS) is 28.4. The minimum absolute atomic E-state index is 0.0714. The summed E-state index contributed by atoms with van der Waals surface area (Å²) in [7, 11) is 0. The lowest BCUT2D eigenvalue weighted by atomic mass is 9.68. The fourth-order valence-electron chi connectivity index (χ4n) is 3.46. The third-order valence-corrected chi connectivity index (χ3v) is 4.11. The number of fused-ring (bicyclic) bond motifs is 2. The van der Waals surface area contributed by atoms with Crippen LogP contribution in [0.1, 0.15) is 43.1 Å². The summed E-state index contributed by atoms with van der Waals surface area (Å²) in [6.07, 6.45) is 4.80. The van der Waals surface area contributed by atoms with Gasteiger partial charge in [-0.2, -0.15) is 0 Å². The van der Waals surface area contributed by atoms with E-state index in [-0.39, 0.29) is 16.7 Å². The second kappa shape index (κ2) is 3.41. The Balaban J connectivity index is 2.24. The van der Waals surface area contributed by atoms with Crippen LogP contribution in [0.4, 0.5) is 0 Å². The number of hydrogen-bond acceptors (Lipinski definition) is 1. The average Bonchev–Trinajstić information content (AvgIpc) is 2.55. The molecule has 0 fully saturated rings. The quantitative estimate of drug-likeness (QED) is 0.730. The molecular formula is C16H18NO+. The van der Waals surface area contributed by atoms with Crippen LogP contribution in [-0.4, -0.2) is 17.0 Å². The van der Waals surface area contributed by atoms with Gasteiger partial charge in [0, 0.05) is 18.9 Å². The highest BCUT2D eigenvalue weighted by Crippen LogP contribution is 2.40. The van der Waals surface area contributed by atoms with Crippen molar-refractivity contribution in [2.45, 2.75) is 38.1 Å². The standard InChI is InChI=1S/C16H17NO/c1-11-16(10-15(2,3)17-11)9-8-14(18)12-6-4-5-7-13(12)16/h4-9H,10H2,1-3H3/p+1/t16-/m1/s1. The van der Waals surface area contributed by atoms with Crippen molar-refractivity contribution < 1.29 is 9.79 Å². The van der Waals surface area contributed by atoms with Crippen molar-refractivity contribution in [3.8, 4) is 0 Å². The van der Waals surface area contributed by atoms with Crippen LogP contribution in [-0.2, 0) is 5.41 Å².